The topological polar surface area (TPSA) is 111 Å². The molecule has 22 heavy (non-hydrogen) atoms. The van der Waals surface area contributed by atoms with Crippen LogP contribution in [0.5, 0.6) is 0 Å². The maximum absolute atomic E-state index is 12.5. The van der Waals surface area contributed by atoms with Gasteiger partial charge in [0.1, 0.15) is 0 Å². The van der Waals surface area contributed by atoms with Gasteiger partial charge in [-0.25, -0.2) is 0 Å². The highest BCUT2D eigenvalue weighted by Crippen LogP contribution is 2.32. The average Bonchev–Trinajstić information content (AvgIpc) is 2.79. The Hall–Kier alpha value is -2.35. The van der Waals surface area contributed by atoms with Gasteiger partial charge in [-0.3, -0.25) is 4.79 Å². The summed E-state index contributed by atoms with van der Waals surface area (Å²) in [4.78, 5) is 26.0. The molecule has 0 aliphatic carbocycles. The predicted octanol–water partition coefficient (Wildman–Crippen LogP) is 1.11. The minimum atomic E-state index is 0.0139. The summed E-state index contributed by atoms with van der Waals surface area (Å²) in [7, 11) is 0. The number of hydrogen-bond donors (Lipinski definition) is 2. The molecule has 1 atom stereocenters. The summed E-state index contributed by atoms with van der Waals surface area (Å²) in [5, 5.41) is 0.360. The van der Waals surface area contributed by atoms with Crippen molar-refractivity contribution >= 4 is 35.3 Å². The quantitative estimate of drug-likeness (QED) is 0.816. The molecule has 4 N–H and O–H groups in total. The van der Waals surface area contributed by atoms with E-state index in [2.05, 4.69) is 21.0 Å². The predicted molar refractivity (Wildman–Crippen MR) is 86.5 cm³/mol. The van der Waals surface area contributed by atoms with Crippen molar-refractivity contribution in [1.29, 1.82) is 0 Å². The van der Waals surface area contributed by atoms with E-state index in [1.165, 1.54) is 17.3 Å². The first-order valence-corrected chi connectivity index (χ1v) is 7.83. The van der Waals surface area contributed by atoms with Crippen molar-refractivity contribution in [3.63, 3.8) is 0 Å². The van der Waals surface area contributed by atoms with E-state index >= 15 is 0 Å². The van der Waals surface area contributed by atoms with Gasteiger partial charge in [-0.2, -0.15) is 15.0 Å². The molecule has 0 saturated carbocycles. The lowest BCUT2D eigenvalue weighted by atomic mass is 10.1. The van der Waals surface area contributed by atoms with Gasteiger partial charge in [0, 0.05) is 11.7 Å². The monoisotopic (exact) mass is 316 g/mol. The minimum absolute atomic E-state index is 0.0139. The van der Waals surface area contributed by atoms with E-state index in [9.17, 15) is 4.79 Å². The molecule has 8 heteroatoms. The van der Waals surface area contributed by atoms with E-state index in [1.54, 1.807) is 0 Å². The molecule has 1 aliphatic rings. The lowest BCUT2D eigenvalue weighted by Crippen LogP contribution is -2.37. The zero-order chi connectivity index (χ0) is 15.7. The number of thioether (sulfide) groups is 1. The smallest absolute Gasteiger partial charge is 0.237 e. The maximum Gasteiger partial charge on any atom is 0.237 e. The Morgan fingerprint density at radius 1 is 1.27 bits per heavy atom. The Morgan fingerprint density at radius 3 is 2.68 bits per heavy atom. The lowest BCUT2D eigenvalue weighted by Gasteiger charge is -2.22. The van der Waals surface area contributed by atoms with Crippen LogP contribution in [0.4, 0.5) is 17.6 Å². The number of fused-ring (bicyclic) bond motifs is 1. The van der Waals surface area contributed by atoms with Gasteiger partial charge in [0.25, 0.3) is 0 Å². The van der Waals surface area contributed by atoms with Crippen molar-refractivity contribution in [3.05, 3.63) is 29.8 Å². The van der Waals surface area contributed by atoms with E-state index in [-0.39, 0.29) is 29.6 Å². The number of benzene rings is 1. The molecule has 114 valence electrons. The average molecular weight is 316 g/mol. The van der Waals surface area contributed by atoms with Crippen LogP contribution >= 0.6 is 11.8 Å². The van der Waals surface area contributed by atoms with Crippen LogP contribution in [0.2, 0.25) is 0 Å². The first-order chi connectivity index (χ1) is 10.5. The van der Waals surface area contributed by atoms with Crippen LogP contribution in [-0.4, -0.2) is 32.7 Å². The van der Waals surface area contributed by atoms with Gasteiger partial charge in [-0.15, -0.1) is 0 Å². The number of hydrogen-bond acceptors (Lipinski definition) is 7. The number of carbonyl (C=O) groups is 1. The Morgan fingerprint density at radius 2 is 1.95 bits per heavy atom. The second-order valence-electron chi connectivity index (χ2n) is 5.07. The van der Waals surface area contributed by atoms with E-state index < -0.39 is 0 Å². The molecule has 1 aliphatic heterocycles. The fraction of sp³-hybridized carbons (Fsp3) is 0.286. The summed E-state index contributed by atoms with van der Waals surface area (Å²) in [6.45, 7) is 2.04. The first-order valence-electron chi connectivity index (χ1n) is 6.84. The van der Waals surface area contributed by atoms with Crippen LogP contribution in [0.1, 0.15) is 12.5 Å². The standard InChI is InChI=1S/C14H16N6OS/c1-8-6-9-4-2-3-5-10(9)20(8)11(21)7-22-14-18-12(15)17-13(16)19-14/h2-5,8H,6-7H2,1H3,(H4,15,16,17,18,19)/t8-/m0/s1. The Bertz CT molecular complexity index is 702. The summed E-state index contributed by atoms with van der Waals surface area (Å²) < 4.78 is 0. The third-order valence-corrected chi connectivity index (χ3v) is 4.28. The van der Waals surface area contributed by atoms with Gasteiger partial charge >= 0.3 is 0 Å². The Kier molecular flexibility index (Phi) is 3.84. The highest BCUT2D eigenvalue weighted by atomic mass is 32.2. The molecule has 0 unspecified atom stereocenters. The number of rotatable bonds is 3. The van der Waals surface area contributed by atoms with Crippen LogP contribution in [0.3, 0.4) is 0 Å². The molecule has 0 spiro atoms. The van der Waals surface area contributed by atoms with Crippen LogP contribution in [0.15, 0.2) is 29.4 Å². The molecular formula is C14H16N6OS. The largest absolute Gasteiger partial charge is 0.368 e. The van der Waals surface area contributed by atoms with Crippen molar-refractivity contribution in [2.45, 2.75) is 24.5 Å². The Labute approximate surface area is 132 Å². The number of nitrogen functional groups attached to an aromatic ring is 2. The molecular weight excluding hydrogens is 300 g/mol. The van der Waals surface area contributed by atoms with E-state index in [1.807, 2.05) is 30.0 Å². The van der Waals surface area contributed by atoms with Crippen molar-refractivity contribution < 1.29 is 4.79 Å². The first kappa shape index (κ1) is 14.6. The summed E-state index contributed by atoms with van der Waals surface area (Å²) >= 11 is 1.21. The number of anilines is 3. The van der Waals surface area contributed by atoms with Gasteiger partial charge in [-0.1, -0.05) is 30.0 Å². The molecule has 2 aromatic rings. The molecule has 1 aromatic heterocycles. The summed E-state index contributed by atoms with van der Waals surface area (Å²) in [5.41, 5.74) is 13.2. The number of nitrogens with zero attached hydrogens (tertiary/aromatic N) is 4. The van der Waals surface area contributed by atoms with Crippen molar-refractivity contribution in [2.24, 2.45) is 0 Å². The molecule has 2 heterocycles. The number of nitrogens with two attached hydrogens (primary N) is 2. The minimum Gasteiger partial charge on any atom is -0.368 e. The second kappa shape index (κ2) is 5.80. The van der Waals surface area contributed by atoms with Crippen molar-refractivity contribution in [3.8, 4) is 0 Å². The third-order valence-electron chi connectivity index (χ3n) is 3.45. The fourth-order valence-corrected chi connectivity index (χ4v) is 3.30. The highest BCUT2D eigenvalue weighted by molar-refractivity contribution is 7.99. The number of aromatic nitrogens is 3. The van der Waals surface area contributed by atoms with Crippen LogP contribution in [0, 0.1) is 0 Å². The third kappa shape index (κ3) is 2.82. The molecule has 7 nitrogen and oxygen atoms in total. The molecule has 0 saturated heterocycles. The molecule has 0 bridgehead atoms. The van der Waals surface area contributed by atoms with Gasteiger partial charge in [-0.05, 0) is 25.0 Å². The molecule has 0 fully saturated rings. The molecule has 3 rings (SSSR count). The van der Waals surface area contributed by atoms with E-state index in [0.29, 0.717) is 5.16 Å². The summed E-state index contributed by atoms with van der Waals surface area (Å²) in [5.74, 6) is 0.353. The Balaban J connectivity index is 1.72. The van der Waals surface area contributed by atoms with E-state index in [0.717, 1.165) is 12.1 Å². The van der Waals surface area contributed by atoms with Crippen molar-refractivity contribution in [2.75, 3.05) is 22.1 Å². The normalized spacial score (nSPS) is 16.6. The lowest BCUT2D eigenvalue weighted by molar-refractivity contribution is -0.116. The highest BCUT2D eigenvalue weighted by Gasteiger charge is 2.30. The van der Waals surface area contributed by atoms with Gasteiger partial charge in [0.15, 0.2) is 5.16 Å². The van der Waals surface area contributed by atoms with Crippen molar-refractivity contribution in [1.82, 2.24) is 15.0 Å². The van der Waals surface area contributed by atoms with E-state index in [4.69, 9.17) is 11.5 Å². The summed E-state index contributed by atoms with van der Waals surface area (Å²) in [6, 6.07) is 8.11. The molecule has 1 aromatic carbocycles. The zero-order valence-corrected chi connectivity index (χ0v) is 12.9. The number of para-hydroxylation sites is 1. The second-order valence-corrected chi connectivity index (χ2v) is 6.01. The number of carbonyl (C=O) groups excluding carboxylic acids is 1. The van der Waals surface area contributed by atoms with Crippen LogP contribution in [-0.2, 0) is 11.2 Å². The summed E-state index contributed by atoms with van der Waals surface area (Å²) in [6.07, 6.45) is 0.873. The molecule has 1 amide bonds. The molecule has 0 radical (unpaired) electrons. The number of amides is 1. The zero-order valence-electron chi connectivity index (χ0n) is 12.1. The maximum atomic E-state index is 12.5. The SMILES string of the molecule is C[C@H]1Cc2ccccc2N1C(=O)CSc1nc(N)nc(N)n1. The van der Waals surface area contributed by atoms with Gasteiger partial charge < -0.3 is 16.4 Å². The van der Waals surface area contributed by atoms with Gasteiger partial charge in [0.05, 0.1) is 5.75 Å². The van der Waals surface area contributed by atoms with Crippen LogP contribution in [0.25, 0.3) is 0 Å². The fourth-order valence-electron chi connectivity index (χ4n) is 2.59. The van der Waals surface area contributed by atoms with Crippen LogP contribution < -0.4 is 16.4 Å². The van der Waals surface area contributed by atoms with Gasteiger partial charge in [0.2, 0.25) is 17.8 Å².